The maximum absolute atomic E-state index is 11.7. The molecule has 0 unspecified atom stereocenters. The molecule has 0 atom stereocenters. The number of hydrogen-bond donors (Lipinski definition) is 0. The van der Waals surface area contributed by atoms with Gasteiger partial charge in [0.15, 0.2) is 0 Å². The zero-order valence-electron chi connectivity index (χ0n) is 26.6. The highest BCUT2D eigenvalue weighted by atomic mass is 16.6. The molecule has 1 rings (SSSR count). The molecule has 10 heteroatoms. The van der Waals surface area contributed by atoms with E-state index in [0.29, 0.717) is 98.2 Å². The van der Waals surface area contributed by atoms with E-state index in [0.717, 1.165) is 16.9 Å². The molecule has 0 aliphatic heterocycles. The van der Waals surface area contributed by atoms with Crippen molar-refractivity contribution < 1.29 is 47.4 Å². The van der Waals surface area contributed by atoms with Gasteiger partial charge in [-0.1, -0.05) is 41.5 Å². The van der Waals surface area contributed by atoms with Gasteiger partial charge in [0.1, 0.15) is 18.1 Å². The molecule has 0 bridgehead atoms. The first-order valence-electron chi connectivity index (χ1n) is 14.4. The summed E-state index contributed by atoms with van der Waals surface area (Å²) in [5, 5.41) is 0. The summed E-state index contributed by atoms with van der Waals surface area (Å²) in [6.45, 7) is 21.1. The zero-order chi connectivity index (χ0) is 30.6. The summed E-state index contributed by atoms with van der Waals surface area (Å²) in [4.78, 5) is 11.7. The van der Waals surface area contributed by atoms with E-state index in [2.05, 4.69) is 41.5 Å². The van der Waals surface area contributed by atoms with Crippen molar-refractivity contribution in [2.24, 2.45) is 0 Å². The summed E-state index contributed by atoms with van der Waals surface area (Å²) in [5.41, 5.74) is 1.48. The number of carbonyl (C=O) groups excluding carboxylic acids is 1. The van der Waals surface area contributed by atoms with E-state index in [1.165, 1.54) is 6.92 Å². The summed E-state index contributed by atoms with van der Waals surface area (Å²) in [6, 6.07) is 3.92. The van der Waals surface area contributed by atoms with Crippen molar-refractivity contribution in [3.05, 3.63) is 23.3 Å². The van der Waals surface area contributed by atoms with Gasteiger partial charge in [-0.3, -0.25) is 4.79 Å². The smallest absolute Gasteiger partial charge is 0.308 e. The lowest BCUT2D eigenvalue weighted by molar-refractivity contribution is -0.131. The van der Waals surface area contributed by atoms with Gasteiger partial charge in [-0.25, -0.2) is 0 Å². The van der Waals surface area contributed by atoms with Crippen LogP contribution in [0.3, 0.4) is 0 Å². The molecule has 0 radical (unpaired) electrons. The minimum Gasteiger partial charge on any atom is -0.491 e. The normalized spacial score (nSPS) is 12.1. The van der Waals surface area contributed by atoms with Gasteiger partial charge in [0.2, 0.25) is 0 Å². The Hall–Kier alpha value is -1.79. The predicted molar refractivity (Wildman–Crippen MR) is 157 cm³/mol. The van der Waals surface area contributed by atoms with Crippen LogP contribution in [0.15, 0.2) is 12.1 Å². The molecule has 0 heterocycles. The van der Waals surface area contributed by atoms with E-state index < -0.39 is 0 Å². The lowest BCUT2D eigenvalue weighted by Gasteiger charge is -2.28. The number of rotatable bonds is 23. The lowest BCUT2D eigenvalue weighted by atomic mass is 9.81. The fourth-order valence-corrected chi connectivity index (χ4v) is 3.65. The first kappa shape index (κ1) is 37.2. The molecule has 0 saturated heterocycles. The summed E-state index contributed by atoms with van der Waals surface area (Å²) < 4.78 is 49.5. The summed E-state index contributed by atoms with van der Waals surface area (Å²) in [6.07, 6.45) is 0. The molecule has 10 nitrogen and oxygen atoms in total. The van der Waals surface area contributed by atoms with Crippen molar-refractivity contribution in [1.82, 2.24) is 0 Å². The Morgan fingerprint density at radius 3 is 1.20 bits per heavy atom. The largest absolute Gasteiger partial charge is 0.491 e. The Bertz CT molecular complexity index is 829. The van der Waals surface area contributed by atoms with Gasteiger partial charge in [-0.05, 0) is 23.0 Å². The number of methoxy groups -OCH3 is 1. The average Bonchev–Trinajstić information content (AvgIpc) is 2.88. The number of hydrogen-bond acceptors (Lipinski definition) is 10. The Balaban J connectivity index is 2.17. The minimum absolute atomic E-state index is 0.197. The van der Waals surface area contributed by atoms with Gasteiger partial charge in [-0.15, -0.1) is 0 Å². The molecule has 0 spiro atoms. The molecule has 0 aromatic heterocycles. The van der Waals surface area contributed by atoms with Crippen LogP contribution in [0, 0.1) is 0 Å². The van der Waals surface area contributed by atoms with Gasteiger partial charge in [0.25, 0.3) is 0 Å². The van der Waals surface area contributed by atoms with Crippen LogP contribution in [-0.2, 0) is 48.8 Å². The Morgan fingerprint density at radius 1 is 0.537 bits per heavy atom. The van der Waals surface area contributed by atoms with Crippen molar-refractivity contribution >= 4 is 5.97 Å². The second-order valence-electron chi connectivity index (χ2n) is 11.5. The average molecular weight is 587 g/mol. The standard InChI is InChI=1S/C31H54O10/c1-25(32)41-29-24-26(30(2,3)4)28(23-27(29)31(5,6)7)40-22-21-39-20-19-38-18-17-37-16-15-36-14-13-35-12-11-34-10-9-33-8/h23-24H,9-22H2,1-8H3. The highest BCUT2D eigenvalue weighted by Gasteiger charge is 2.27. The molecule has 0 aliphatic rings. The van der Waals surface area contributed by atoms with Crippen LogP contribution in [0.2, 0.25) is 0 Å². The third kappa shape index (κ3) is 17.7. The Labute approximate surface area is 247 Å². The molecule has 41 heavy (non-hydrogen) atoms. The Morgan fingerprint density at radius 2 is 0.854 bits per heavy atom. The topological polar surface area (TPSA) is 100 Å². The fourth-order valence-electron chi connectivity index (χ4n) is 3.65. The SMILES string of the molecule is COCCOCCOCCOCCOCCOCCOCCOc1cc(C(C)(C)C)c(OC(C)=O)cc1C(C)(C)C. The van der Waals surface area contributed by atoms with Gasteiger partial charge >= 0.3 is 5.97 Å². The maximum Gasteiger partial charge on any atom is 0.308 e. The molecule has 0 aliphatic carbocycles. The number of esters is 1. The van der Waals surface area contributed by atoms with E-state index in [9.17, 15) is 4.79 Å². The summed E-state index contributed by atoms with van der Waals surface area (Å²) in [5.74, 6) is 1.01. The zero-order valence-corrected chi connectivity index (χ0v) is 26.6. The third-order valence-corrected chi connectivity index (χ3v) is 5.73. The number of benzene rings is 1. The third-order valence-electron chi connectivity index (χ3n) is 5.73. The molecule has 238 valence electrons. The van der Waals surface area contributed by atoms with Crippen molar-refractivity contribution in [3.8, 4) is 11.5 Å². The number of ether oxygens (including phenoxy) is 9. The first-order valence-corrected chi connectivity index (χ1v) is 14.4. The molecule has 0 fully saturated rings. The Kier molecular flexibility index (Phi) is 19.1. The molecule has 0 N–H and O–H groups in total. The minimum atomic E-state index is -0.339. The van der Waals surface area contributed by atoms with E-state index in [-0.39, 0.29) is 16.8 Å². The van der Waals surface area contributed by atoms with Crippen LogP contribution < -0.4 is 9.47 Å². The predicted octanol–water partition coefficient (Wildman–Crippen LogP) is 4.33. The van der Waals surface area contributed by atoms with E-state index >= 15 is 0 Å². The van der Waals surface area contributed by atoms with Crippen LogP contribution in [0.1, 0.15) is 59.6 Å². The van der Waals surface area contributed by atoms with Crippen LogP contribution in [0.5, 0.6) is 11.5 Å². The van der Waals surface area contributed by atoms with Crippen molar-refractivity contribution in [2.75, 3.05) is 99.6 Å². The van der Waals surface area contributed by atoms with Crippen molar-refractivity contribution in [2.45, 2.75) is 59.3 Å². The fraction of sp³-hybridized carbons (Fsp3) is 0.774. The molecule has 0 saturated carbocycles. The molecule has 0 amide bonds. The van der Waals surface area contributed by atoms with E-state index in [1.54, 1.807) is 7.11 Å². The van der Waals surface area contributed by atoms with Crippen molar-refractivity contribution in [3.63, 3.8) is 0 Å². The highest BCUT2D eigenvalue weighted by Crippen LogP contribution is 2.41. The van der Waals surface area contributed by atoms with E-state index in [4.69, 9.17) is 42.6 Å². The first-order chi connectivity index (χ1) is 19.5. The van der Waals surface area contributed by atoms with Gasteiger partial charge in [0.05, 0.1) is 85.9 Å². The van der Waals surface area contributed by atoms with Crippen molar-refractivity contribution in [1.29, 1.82) is 0 Å². The molecular formula is C31H54O10. The maximum atomic E-state index is 11.7. The van der Waals surface area contributed by atoms with Gasteiger partial charge in [-0.2, -0.15) is 0 Å². The second-order valence-corrected chi connectivity index (χ2v) is 11.5. The number of carbonyl (C=O) groups is 1. The lowest BCUT2D eigenvalue weighted by Crippen LogP contribution is -2.20. The van der Waals surface area contributed by atoms with Crippen LogP contribution >= 0.6 is 0 Å². The highest BCUT2D eigenvalue weighted by molar-refractivity contribution is 5.70. The molecule has 1 aromatic rings. The molecular weight excluding hydrogens is 532 g/mol. The van der Waals surface area contributed by atoms with Crippen LogP contribution in [-0.4, -0.2) is 106 Å². The van der Waals surface area contributed by atoms with Gasteiger partial charge in [0, 0.05) is 25.2 Å². The van der Waals surface area contributed by atoms with E-state index in [1.807, 2.05) is 12.1 Å². The second kappa shape index (κ2) is 21.0. The quantitative estimate of drug-likeness (QED) is 0.105. The summed E-state index contributed by atoms with van der Waals surface area (Å²) in [7, 11) is 1.64. The van der Waals surface area contributed by atoms with Crippen LogP contribution in [0.25, 0.3) is 0 Å². The van der Waals surface area contributed by atoms with Crippen LogP contribution in [0.4, 0.5) is 0 Å². The molecule has 1 aromatic carbocycles. The van der Waals surface area contributed by atoms with Gasteiger partial charge < -0.3 is 42.6 Å². The summed E-state index contributed by atoms with van der Waals surface area (Å²) >= 11 is 0. The monoisotopic (exact) mass is 586 g/mol.